The smallest absolute Gasteiger partial charge is 0.272 e. The molecule has 0 atom stereocenters. The van der Waals surface area contributed by atoms with Gasteiger partial charge in [0.05, 0.1) is 4.92 Å². The van der Waals surface area contributed by atoms with Crippen LogP contribution in [0.3, 0.4) is 0 Å². The minimum Gasteiger partial charge on any atom is -0.484 e. The lowest BCUT2D eigenvalue weighted by Gasteiger charge is -2.08. The van der Waals surface area contributed by atoms with E-state index < -0.39 is 4.92 Å². The molecule has 0 unspecified atom stereocenters. The quantitative estimate of drug-likeness (QED) is 0.653. The van der Waals surface area contributed by atoms with Crippen LogP contribution in [-0.4, -0.2) is 17.4 Å². The molecule has 0 aliphatic carbocycles. The van der Waals surface area contributed by atoms with E-state index in [-0.39, 0.29) is 18.2 Å². The van der Waals surface area contributed by atoms with Crippen molar-refractivity contribution in [3.05, 3.63) is 63.7 Å². The van der Waals surface area contributed by atoms with Crippen molar-refractivity contribution in [3.63, 3.8) is 0 Å². The SMILES string of the molecule is CCc1ccc(NC(=O)COc2ccc([N+](=O)[O-])c(C)c2)cc1. The second-order valence-corrected chi connectivity index (χ2v) is 5.09. The Hall–Kier alpha value is -2.89. The highest BCUT2D eigenvalue weighted by Gasteiger charge is 2.11. The summed E-state index contributed by atoms with van der Waals surface area (Å²) >= 11 is 0. The molecule has 0 saturated carbocycles. The van der Waals surface area contributed by atoms with Crippen LogP contribution in [0.25, 0.3) is 0 Å². The predicted octanol–water partition coefficient (Wildman–Crippen LogP) is 3.48. The van der Waals surface area contributed by atoms with E-state index in [1.807, 2.05) is 24.3 Å². The number of carbonyl (C=O) groups is 1. The molecule has 2 aromatic carbocycles. The minimum atomic E-state index is -0.453. The number of anilines is 1. The van der Waals surface area contributed by atoms with Crippen LogP contribution in [0, 0.1) is 17.0 Å². The number of benzene rings is 2. The Kier molecular flexibility index (Phi) is 5.30. The highest BCUT2D eigenvalue weighted by molar-refractivity contribution is 5.91. The fourth-order valence-corrected chi connectivity index (χ4v) is 2.09. The molecule has 1 N–H and O–H groups in total. The number of nitro benzene ring substituents is 1. The monoisotopic (exact) mass is 314 g/mol. The second-order valence-electron chi connectivity index (χ2n) is 5.09. The van der Waals surface area contributed by atoms with E-state index in [2.05, 4.69) is 12.2 Å². The fraction of sp³-hybridized carbons (Fsp3) is 0.235. The van der Waals surface area contributed by atoms with Gasteiger partial charge in [-0.3, -0.25) is 14.9 Å². The Balaban J connectivity index is 1.91. The highest BCUT2D eigenvalue weighted by atomic mass is 16.6. The van der Waals surface area contributed by atoms with E-state index >= 15 is 0 Å². The summed E-state index contributed by atoms with van der Waals surface area (Å²) in [7, 11) is 0. The van der Waals surface area contributed by atoms with Crippen LogP contribution < -0.4 is 10.1 Å². The number of nitro groups is 1. The van der Waals surface area contributed by atoms with E-state index in [0.29, 0.717) is 17.0 Å². The van der Waals surface area contributed by atoms with Gasteiger partial charge in [0.1, 0.15) is 5.75 Å². The third kappa shape index (κ3) is 4.54. The normalized spacial score (nSPS) is 10.2. The van der Waals surface area contributed by atoms with Crippen molar-refractivity contribution in [2.45, 2.75) is 20.3 Å². The molecule has 0 aliphatic heterocycles. The molecule has 23 heavy (non-hydrogen) atoms. The number of aryl methyl sites for hydroxylation is 2. The summed E-state index contributed by atoms with van der Waals surface area (Å²) in [5, 5.41) is 13.5. The highest BCUT2D eigenvalue weighted by Crippen LogP contribution is 2.23. The number of amides is 1. The van der Waals surface area contributed by atoms with E-state index in [1.54, 1.807) is 13.0 Å². The Morgan fingerprint density at radius 1 is 1.22 bits per heavy atom. The molecule has 0 aliphatic rings. The Morgan fingerprint density at radius 2 is 1.91 bits per heavy atom. The molecule has 2 aromatic rings. The van der Waals surface area contributed by atoms with Crippen molar-refractivity contribution in [1.82, 2.24) is 0 Å². The molecule has 120 valence electrons. The van der Waals surface area contributed by atoms with Gasteiger partial charge in [-0.1, -0.05) is 19.1 Å². The van der Waals surface area contributed by atoms with Gasteiger partial charge in [0, 0.05) is 17.3 Å². The van der Waals surface area contributed by atoms with Crippen molar-refractivity contribution in [1.29, 1.82) is 0 Å². The summed E-state index contributed by atoms with van der Waals surface area (Å²) in [4.78, 5) is 22.2. The molecule has 0 aromatic heterocycles. The molecule has 2 rings (SSSR count). The first-order valence-corrected chi connectivity index (χ1v) is 7.26. The average molecular weight is 314 g/mol. The minimum absolute atomic E-state index is 0.0258. The average Bonchev–Trinajstić information content (AvgIpc) is 2.53. The lowest BCUT2D eigenvalue weighted by Crippen LogP contribution is -2.20. The van der Waals surface area contributed by atoms with Gasteiger partial charge >= 0.3 is 0 Å². The molecular formula is C17H18N2O4. The summed E-state index contributed by atoms with van der Waals surface area (Å²) in [6.45, 7) is 3.53. The van der Waals surface area contributed by atoms with Crippen LogP contribution in [-0.2, 0) is 11.2 Å². The number of hydrogen-bond donors (Lipinski definition) is 1. The zero-order valence-electron chi connectivity index (χ0n) is 13.0. The number of nitrogens with one attached hydrogen (secondary N) is 1. The van der Waals surface area contributed by atoms with Gasteiger partial charge in [-0.25, -0.2) is 0 Å². The largest absolute Gasteiger partial charge is 0.484 e. The summed E-state index contributed by atoms with van der Waals surface area (Å²) in [5.74, 6) is 0.134. The second kappa shape index (κ2) is 7.40. The maximum atomic E-state index is 11.9. The standard InChI is InChI=1S/C17H18N2O4/c1-3-13-4-6-14(7-5-13)18-17(20)11-23-15-8-9-16(19(21)22)12(2)10-15/h4-10H,3,11H2,1-2H3,(H,18,20). The van der Waals surface area contributed by atoms with Gasteiger partial charge in [-0.2, -0.15) is 0 Å². The number of nitrogens with zero attached hydrogens (tertiary/aromatic N) is 1. The van der Waals surface area contributed by atoms with Crippen LogP contribution in [0.2, 0.25) is 0 Å². The topological polar surface area (TPSA) is 81.5 Å². The van der Waals surface area contributed by atoms with Crippen LogP contribution in [0.5, 0.6) is 5.75 Å². The Bertz CT molecular complexity index is 711. The van der Waals surface area contributed by atoms with Gasteiger partial charge in [0.15, 0.2) is 6.61 Å². The van der Waals surface area contributed by atoms with Crippen molar-refractivity contribution >= 4 is 17.3 Å². The van der Waals surface area contributed by atoms with Gasteiger partial charge < -0.3 is 10.1 Å². The van der Waals surface area contributed by atoms with E-state index in [1.165, 1.54) is 17.7 Å². The van der Waals surface area contributed by atoms with Gasteiger partial charge in [-0.15, -0.1) is 0 Å². The molecule has 0 spiro atoms. The van der Waals surface area contributed by atoms with Crippen LogP contribution in [0.1, 0.15) is 18.1 Å². The summed E-state index contributed by atoms with van der Waals surface area (Å²) in [6.07, 6.45) is 0.941. The molecule has 6 nitrogen and oxygen atoms in total. The van der Waals surface area contributed by atoms with Crippen molar-refractivity contribution in [2.24, 2.45) is 0 Å². The number of hydrogen-bond acceptors (Lipinski definition) is 4. The lowest BCUT2D eigenvalue weighted by atomic mass is 10.1. The Labute approximate surface area is 134 Å². The predicted molar refractivity (Wildman–Crippen MR) is 87.8 cm³/mol. The Morgan fingerprint density at radius 3 is 2.48 bits per heavy atom. The maximum absolute atomic E-state index is 11.9. The zero-order valence-corrected chi connectivity index (χ0v) is 13.0. The molecule has 0 fully saturated rings. The van der Waals surface area contributed by atoms with E-state index in [0.717, 1.165) is 6.42 Å². The van der Waals surface area contributed by atoms with Crippen LogP contribution in [0.15, 0.2) is 42.5 Å². The van der Waals surface area contributed by atoms with Crippen molar-refractivity contribution < 1.29 is 14.5 Å². The van der Waals surface area contributed by atoms with Crippen LogP contribution >= 0.6 is 0 Å². The molecule has 0 radical (unpaired) electrons. The third-order valence-electron chi connectivity index (χ3n) is 3.38. The third-order valence-corrected chi connectivity index (χ3v) is 3.38. The fourth-order valence-electron chi connectivity index (χ4n) is 2.09. The number of carbonyl (C=O) groups excluding carboxylic acids is 1. The first-order chi connectivity index (χ1) is 11.0. The lowest BCUT2D eigenvalue weighted by molar-refractivity contribution is -0.385. The molecule has 1 amide bonds. The molecular weight excluding hydrogens is 296 g/mol. The van der Waals surface area contributed by atoms with Gasteiger partial charge in [-0.05, 0) is 43.2 Å². The van der Waals surface area contributed by atoms with Gasteiger partial charge in [0.25, 0.3) is 11.6 Å². The number of rotatable bonds is 6. The van der Waals surface area contributed by atoms with Crippen LogP contribution in [0.4, 0.5) is 11.4 Å². The van der Waals surface area contributed by atoms with E-state index in [4.69, 9.17) is 4.74 Å². The maximum Gasteiger partial charge on any atom is 0.272 e. The van der Waals surface area contributed by atoms with Gasteiger partial charge in [0.2, 0.25) is 0 Å². The number of ether oxygens (including phenoxy) is 1. The summed E-state index contributed by atoms with van der Waals surface area (Å²) in [5.41, 5.74) is 2.41. The molecule has 0 saturated heterocycles. The summed E-state index contributed by atoms with van der Waals surface area (Å²) in [6, 6.07) is 12.0. The molecule has 0 bridgehead atoms. The first kappa shape index (κ1) is 16.5. The molecule has 0 heterocycles. The summed E-state index contributed by atoms with van der Waals surface area (Å²) < 4.78 is 5.37. The molecule has 6 heteroatoms. The first-order valence-electron chi connectivity index (χ1n) is 7.26. The zero-order chi connectivity index (χ0) is 16.8. The van der Waals surface area contributed by atoms with E-state index in [9.17, 15) is 14.9 Å². The van der Waals surface area contributed by atoms with Crippen molar-refractivity contribution in [2.75, 3.05) is 11.9 Å². The van der Waals surface area contributed by atoms with Crippen molar-refractivity contribution in [3.8, 4) is 5.75 Å².